The molecule has 0 bridgehead atoms. The Kier molecular flexibility index (Phi) is 3.78. The van der Waals surface area contributed by atoms with Crippen LogP contribution in [0.1, 0.15) is 5.69 Å². The lowest BCUT2D eigenvalue weighted by molar-refractivity contribution is 0.397. The van der Waals surface area contributed by atoms with Crippen molar-refractivity contribution < 1.29 is 9.47 Å². The molecule has 0 amide bonds. The fraction of sp³-hybridized carbons (Fsp3) is 0.176. The summed E-state index contributed by atoms with van der Waals surface area (Å²) in [6.45, 7) is 1.96. The number of aromatic nitrogens is 3. The molecule has 1 N–H and O–H groups in total. The first-order chi connectivity index (χ1) is 10.7. The van der Waals surface area contributed by atoms with Crippen LogP contribution in [-0.4, -0.2) is 29.2 Å². The van der Waals surface area contributed by atoms with Crippen molar-refractivity contribution in [3.05, 3.63) is 48.4 Å². The molecule has 1 aromatic carbocycles. The van der Waals surface area contributed by atoms with E-state index >= 15 is 0 Å². The zero-order chi connectivity index (χ0) is 15.5. The Labute approximate surface area is 129 Å². The third kappa shape index (κ3) is 2.41. The number of H-pyrrole nitrogens is 1. The molecule has 0 saturated heterocycles. The highest BCUT2D eigenvalue weighted by atomic mass is 16.5. The number of ether oxygens (including phenoxy) is 2. The molecule has 0 spiro atoms. The molecule has 0 aliphatic carbocycles. The SMILES string of the molecule is COc1cccc(OC)c1-c1nc(C)c(-c2cccnc2)[nH]1. The number of aromatic amines is 1. The molecule has 0 saturated carbocycles. The van der Waals surface area contributed by atoms with Crippen LogP contribution < -0.4 is 9.47 Å². The van der Waals surface area contributed by atoms with Crippen LogP contribution in [-0.2, 0) is 0 Å². The number of nitrogens with one attached hydrogen (secondary N) is 1. The number of imidazole rings is 1. The van der Waals surface area contributed by atoms with E-state index in [4.69, 9.17) is 9.47 Å². The molecular formula is C17H17N3O2. The maximum absolute atomic E-state index is 5.44. The van der Waals surface area contributed by atoms with Crippen molar-refractivity contribution >= 4 is 0 Å². The lowest BCUT2D eigenvalue weighted by Gasteiger charge is -2.10. The van der Waals surface area contributed by atoms with Gasteiger partial charge in [0.15, 0.2) is 0 Å². The van der Waals surface area contributed by atoms with Crippen LogP contribution in [0.25, 0.3) is 22.6 Å². The number of benzene rings is 1. The van der Waals surface area contributed by atoms with Gasteiger partial charge in [-0.3, -0.25) is 4.98 Å². The summed E-state index contributed by atoms with van der Waals surface area (Å²) in [6.07, 6.45) is 3.56. The Morgan fingerprint density at radius 1 is 1.00 bits per heavy atom. The molecule has 5 heteroatoms. The van der Waals surface area contributed by atoms with E-state index in [9.17, 15) is 0 Å². The Balaban J connectivity index is 2.15. The van der Waals surface area contributed by atoms with Crippen molar-refractivity contribution in [2.45, 2.75) is 6.92 Å². The number of methoxy groups -OCH3 is 2. The fourth-order valence-corrected chi connectivity index (χ4v) is 2.46. The van der Waals surface area contributed by atoms with Gasteiger partial charge in [-0.05, 0) is 31.2 Å². The number of rotatable bonds is 4. The van der Waals surface area contributed by atoms with E-state index in [1.165, 1.54) is 0 Å². The highest BCUT2D eigenvalue weighted by Gasteiger charge is 2.17. The molecule has 112 valence electrons. The molecule has 3 rings (SSSR count). The lowest BCUT2D eigenvalue weighted by atomic mass is 10.1. The zero-order valence-corrected chi connectivity index (χ0v) is 12.8. The Bertz CT molecular complexity index is 760. The molecule has 0 fully saturated rings. The second kappa shape index (κ2) is 5.89. The van der Waals surface area contributed by atoms with Crippen LogP contribution in [0.3, 0.4) is 0 Å². The Morgan fingerprint density at radius 2 is 1.73 bits per heavy atom. The van der Waals surface area contributed by atoms with Gasteiger partial charge in [0.25, 0.3) is 0 Å². The number of nitrogens with zero attached hydrogens (tertiary/aromatic N) is 2. The second-order valence-corrected chi connectivity index (χ2v) is 4.83. The predicted octanol–water partition coefficient (Wildman–Crippen LogP) is 3.46. The molecule has 0 aliphatic heterocycles. The van der Waals surface area contributed by atoms with E-state index in [-0.39, 0.29) is 0 Å². The summed E-state index contributed by atoms with van der Waals surface area (Å²) in [5, 5.41) is 0. The topological polar surface area (TPSA) is 60.0 Å². The standard InChI is InChI=1S/C17H17N3O2/c1-11-16(12-6-5-9-18-10-12)20-17(19-11)15-13(21-2)7-4-8-14(15)22-3/h4-10H,1-3H3,(H,19,20). The first-order valence-electron chi connectivity index (χ1n) is 6.93. The van der Waals surface area contributed by atoms with E-state index < -0.39 is 0 Å². The van der Waals surface area contributed by atoms with Gasteiger partial charge >= 0.3 is 0 Å². The third-order valence-electron chi connectivity index (χ3n) is 3.50. The van der Waals surface area contributed by atoms with Gasteiger partial charge in [-0.2, -0.15) is 0 Å². The predicted molar refractivity (Wildman–Crippen MR) is 85.1 cm³/mol. The van der Waals surface area contributed by atoms with Crippen molar-refractivity contribution in [1.82, 2.24) is 15.0 Å². The minimum atomic E-state index is 0.714. The van der Waals surface area contributed by atoms with E-state index in [0.717, 1.165) is 22.5 Å². The number of aryl methyl sites for hydroxylation is 1. The molecular weight excluding hydrogens is 278 g/mol. The van der Waals surface area contributed by atoms with Crippen molar-refractivity contribution in [1.29, 1.82) is 0 Å². The highest BCUT2D eigenvalue weighted by Crippen LogP contribution is 2.38. The van der Waals surface area contributed by atoms with Gasteiger partial charge in [0.05, 0.1) is 25.6 Å². The third-order valence-corrected chi connectivity index (χ3v) is 3.50. The first kappa shape index (κ1) is 14.1. The van der Waals surface area contributed by atoms with Gasteiger partial charge in [-0.25, -0.2) is 4.98 Å². The van der Waals surface area contributed by atoms with E-state index in [1.807, 2.05) is 43.5 Å². The van der Waals surface area contributed by atoms with Crippen molar-refractivity contribution in [2.75, 3.05) is 14.2 Å². The van der Waals surface area contributed by atoms with Gasteiger partial charge < -0.3 is 14.5 Å². The summed E-state index contributed by atoms with van der Waals surface area (Å²) in [5.41, 5.74) is 3.64. The van der Waals surface area contributed by atoms with E-state index in [2.05, 4.69) is 15.0 Å². The molecule has 22 heavy (non-hydrogen) atoms. The first-order valence-corrected chi connectivity index (χ1v) is 6.93. The summed E-state index contributed by atoms with van der Waals surface area (Å²) in [7, 11) is 3.27. The number of pyridine rings is 1. The molecule has 0 atom stereocenters. The fourth-order valence-electron chi connectivity index (χ4n) is 2.46. The average molecular weight is 295 g/mol. The van der Waals surface area contributed by atoms with Crippen LogP contribution in [0, 0.1) is 6.92 Å². The second-order valence-electron chi connectivity index (χ2n) is 4.83. The molecule has 0 radical (unpaired) electrons. The Hall–Kier alpha value is -2.82. The maximum Gasteiger partial charge on any atom is 0.145 e. The van der Waals surface area contributed by atoms with Crippen LogP contribution in [0.15, 0.2) is 42.7 Å². The van der Waals surface area contributed by atoms with Crippen molar-refractivity contribution in [3.63, 3.8) is 0 Å². The van der Waals surface area contributed by atoms with Gasteiger partial charge in [0.1, 0.15) is 22.9 Å². The zero-order valence-electron chi connectivity index (χ0n) is 12.8. The quantitative estimate of drug-likeness (QED) is 0.800. The average Bonchev–Trinajstić information content (AvgIpc) is 2.96. The van der Waals surface area contributed by atoms with Crippen LogP contribution >= 0.6 is 0 Å². The Morgan fingerprint density at radius 3 is 2.32 bits per heavy atom. The molecule has 3 aromatic rings. The molecule has 2 aromatic heterocycles. The van der Waals surface area contributed by atoms with Gasteiger partial charge in [-0.1, -0.05) is 6.07 Å². The molecule has 2 heterocycles. The van der Waals surface area contributed by atoms with Gasteiger partial charge in [0, 0.05) is 18.0 Å². The van der Waals surface area contributed by atoms with Gasteiger partial charge in [-0.15, -0.1) is 0 Å². The monoisotopic (exact) mass is 295 g/mol. The summed E-state index contributed by atoms with van der Waals surface area (Å²) in [4.78, 5) is 12.1. The van der Waals surface area contributed by atoms with Crippen LogP contribution in [0.2, 0.25) is 0 Å². The molecule has 0 aliphatic rings. The van der Waals surface area contributed by atoms with Crippen molar-refractivity contribution in [2.24, 2.45) is 0 Å². The summed E-state index contributed by atoms with van der Waals surface area (Å²) in [5.74, 6) is 2.14. The van der Waals surface area contributed by atoms with E-state index in [0.29, 0.717) is 17.3 Å². The molecule has 5 nitrogen and oxygen atoms in total. The van der Waals surface area contributed by atoms with Crippen LogP contribution in [0.5, 0.6) is 11.5 Å². The lowest BCUT2D eigenvalue weighted by Crippen LogP contribution is -1.94. The number of hydrogen-bond acceptors (Lipinski definition) is 4. The van der Waals surface area contributed by atoms with E-state index in [1.54, 1.807) is 20.4 Å². The minimum absolute atomic E-state index is 0.714. The van der Waals surface area contributed by atoms with Crippen molar-refractivity contribution in [3.8, 4) is 34.1 Å². The van der Waals surface area contributed by atoms with Gasteiger partial charge in [0.2, 0.25) is 0 Å². The smallest absolute Gasteiger partial charge is 0.145 e. The summed E-state index contributed by atoms with van der Waals surface area (Å²) >= 11 is 0. The normalized spacial score (nSPS) is 10.5. The number of hydrogen-bond donors (Lipinski definition) is 1. The van der Waals surface area contributed by atoms with Crippen LogP contribution in [0.4, 0.5) is 0 Å². The summed E-state index contributed by atoms with van der Waals surface area (Å²) in [6, 6.07) is 9.56. The summed E-state index contributed by atoms with van der Waals surface area (Å²) < 4.78 is 10.9. The maximum atomic E-state index is 5.44. The molecule has 0 unspecified atom stereocenters. The largest absolute Gasteiger partial charge is 0.496 e. The highest BCUT2D eigenvalue weighted by molar-refractivity contribution is 5.75. The minimum Gasteiger partial charge on any atom is -0.496 e.